The molecule has 2 rings (SSSR count). The van der Waals surface area contributed by atoms with Gasteiger partial charge in [-0.15, -0.1) is 11.8 Å². The first-order chi connectivity index (χ1) is 9.71. The van der Waals surface area contributed by atoms with Crippen molar-refractivity contribution in [1.29, 1.82) is 0 Å². The van der Waals surface area contributed by atoms with Crippen LogP contribution in [-0.4, -0.2) is 12.3 Å². The Kier molecular flexibility index (Phi) is 5.07. The van der Waals surface area contributed by atoms with Gasteiger partial charge in [-0.2, -0.15) is 0 Å². The first-order valence-electron chi connectivity index (χ1n) is 6.52. The van der Waals surface area contributed by atoms with E-state index in [2.05, 4.69) is 17.6 Å². The van der Waals surface area contributed by atoms with Crippen molar-refractivity contribution in [3.63, 3.8) is 0 Å². The molecular weight excluding hydrogens is 268 g/mol. The molecule has 0 atom stereocenters. The zero-order valence-corrected chi connectivity index (χ0v) is 12.5. The lowest BCUT2D eigenvalue weighted by Crippen LogP contribution is -2.19. The molecule has 0 saturated carbocycles. The Labute approximate surface area is 123 Å². The van der Waals surface area contributed by atoms with E-state index in [1.165, 1.54) is 5.56 Å². The maximum absolute atomic E-state index is 11.9. The topological polar surface area (TPSA) is 41.1 Å². The van der Waals surface area contributed by atoms with Crippen molar-refractivity contribution in [2.45, 2.75) is 18.2 Å². The quantitative estimate of drug-likeness (QED) is 0.805. The van der Waals surface area contributed by atoms with Gasteiger partial charge in [0.25, 0.3) is 0 Å². The van der Waals surface area contributed by atoms with Gasteiger partial charge in [-0.25, -0.2) is 4.79 Å². The summed E-state index contributed by atoms with van der Waals surface area (Å²) in [6.07, 6.45) is 3.00. The maximum atomic E-state index is 11.9. The third-order valence-corrected chi connectivity index (χ3v) is 3.67. The SMILES string of the molecule is CCc1ccc(NC(=O)Nc2cccc(SC)c2)cc1. The summed E-state index contributed by atoms with van der Waals surface area (Å²) >= 11 is 1.65. The van der Waals surface area contributed by atoms with Crippen LogP contribution >= 0.6 is 11.8 Å². The highest BCUT2D eigenvalue weighted by molar-refractivity contribution is 7.98. The fourth-order valence-electron chi connectivity index (χ4n) is 1.82. The molecule has 3 nitrogen and oxygen atoms in total. The van der Waals surface area contributed by atoms with Crippen LogP contribution in [0.1, 0.15) is 12.5 Å². The first-order valence-corrected chi connectivity index (χ1v) is 7.74. The summed E-state index contributed by atoms with van der Waals surface area (Å²) in [5.74, 6) is 0. The molecule has 0 radical (unpaired) electrons. The molecule has 104 valence electrons. The second kappa shape index (κ2) is 7.01. The second-order valence-electron chi connectivity index (χ2n) is 4.36. The molecule has 0 aromatic heterocycles. The minimum atomic E-state index is -0.229. The number of hydrogen-bond donors (Lipinski definition) is 2. The van der Waals surface area contributed by atoms with E-state index in [0.717, 1.165) is 22.7 Å². The van der Waals surface area contributed by atoms with Crippen LogP contribution in [0.5, 0.6) is 0 Å². The predicted octanol–water partition coefficient (Wildman–Crippen LogP) is 4.61. The van der Waals surface area contributed by atoms with Gasteiger partial charge in [0.05, 0.1) is 0 Å². The monoisotopic (exact) mass is 286 g/mol. The lowest BCUT2D eigenvalue weighted by atomic mass is 10.1. The van der Waals surface area contributed by atoms with E-state index in [9.17, 15) is 4.79 Å². The number of nitrogens with one attached hydrogen (secondary N) is 2. The minimum Gasteiger partial charge on any atom is -0.308 e. The van der Waals surface area contributed by atoms with Crippen LogP contribution in [0.4, 0.5) is 16.2 Å². The van der Waals surface area contributed by atoms with E-state index in [-0.39, 0.29) is 6.03 Å². The summed E-state index contributed by atoms with van der Waals surface area (Å²) in [6, 6.07) is 15.4. The van der Waals surface area contributed by atoms with Crippen LogP contribution in [-0.2, 0) is 6.42 Å². The molecule has 0 heterocycles. The van der Waals surface area contributed by atoms with Crippen molar-refractivity contribution in [2.75, 3.05) is 16.9 Å². The molecule has 2 aromatic carbocycles. The summed E-state index contributed by atoms with van der Waals surface area (Å²) in [5.41, 5.74) is 2.84. The molecule has 2 amide bonds. The molecule has 0 bridgehead atoms. The average molecular weight is 286 g/mol. The summed E-state index contributed by atoms with van der Waals surface area (Å²) in [6.45, 7) is 2.11. The van der Waals surface area contributed by atoms with E-state index in [0.29, 0.717) is 0 Å². The van der Waals surface area contributed by atoms with Crippen LogP contribution < -0.4 is 10.6 Å². The Morgan fingerprint density at radius 1 is 1.05 bits per heavy atom. The highest BCUT2D eigenvalue weighted by Crippen LogP contribution is 2.19. The fourth-order valence-corrected chi connectivity index (χ4v) is 2.28. The number of rotatable bonds is 4. The van der Waals surface area contributed by atoms with E-state index >= 15 is 0 Å². The molecule has 0 saturated heterocycles. The lowest BCUT2D eigenvalue weighted by Gasteiger charge is -2.09. The number of carbonyl (C=O) groups is 1. The van der Waals surface area contributed by atoms with Crippen LogP contribution in [0.2, 0.25) is 0 Å². The van der Waals surface area contributed by atoms with Crippen LogP contribution in [0.3, 0.4) is 0 Å². The molecule has 20 heavy (non-hydrogen) atoms. The minimum absolute atomic E-state index is 0.229. The number of thioether (sulfide) groups is 1. The smallest absolute Gasteiger partial charge is 0.308 e. The van der Waals surface area contributed by atoms with Crippen molar-refractivity contribution in [3.8, 4) is 0 Å². The van der Waals surface area contributed by atoms with Crippen LogP contribution in [0.15, 0.2) is 53.4 Å². The molecule has 0 aliphatic rings. The largest absolute Gasteiger partial charge is 0.323 e. The normalized spacial score (nSPS) is 10.1. The number of aryl methyl sites for hydroxylation is 1. The van der Waals surface area contributed by atoms with Gasteiger partial charge in [0.2, 0.25) is 0 Å². The van der Waals surface area contributed by atoms with Gasteiger partial charge in [0.15, 0.2) is 0 Å². The highest BCUT2D eigenvalue weighted by Gasteiger charge is 2.03. The number of benzene rings is 2. The number of anilines is 2. The summed E-state index contributed by atoms with van der Waals surface area (Å²) in [4.78, 5) is 13.0. The van der Waals surface area contributed by atoms with Crippen molar-refractivity contribution >= 4 is 29.2 Å². The summed E-state index contributed by atoms with van der Waals surface area (Å²) in [5, 5.41) is 5.65. The van der Waals surface area contributed by atoms with Gasteiger partial charge in [-0.05, 0) is 48.6 Å². The fraction of sp³-hybridized carbons (Fsp3) is 0.188. The Morgan fingerprint density at radius 3 is 2.40 bits per heavy atom. The molecule has 0 fully saturated rings. The molecule has 2 aromatic rings. The molecule has 0 unspecified atom stereocenters. The van der Waals surface area contributed by atoms with E-state index < -0.39 is 0 Å². The molecule has 2 N–H and O–H groups in total. The molecular formula is C16H18N2OS. The van der Waals surface area contributed by atoms with Gasteiger partial charge in [0, 0.05) is 16.3 Å². The maximum Gasteiger partial charge on any atom is 0.323 e. The van der Waals surface area contributed by atoms with Gasteiger partial charge >= 0.3 is 6.03 Å². The van der Waals surface area contributed by atoms with Gasteiger partial charge in [-0.3, -0.25) is 0 Å². The van der Waals surface area contributed by atoms with Crippen LogP contribution in [0, 0.1) is 0 Å². The number of hydrogen-bond acceptors (Lipinski definition) is 2. The van der Waals surface area contributed by atoms with E-state index in [4.69, 9.17) is 0 Å². The predicted molar refractivity (Wildman–Crippen MR) is 86.7 cm³/mol. The lowest BCUT2D eigenvalue weighted by molar-refractivity contribution is 0.262. The Balaban J connectivity index is 1.97. The molecule has 0 spiro atoms. The Bertz CT molecular complexity index is 581. The van der Waals surface area contributed by atoms with E-state index in [1.54, 1.807) is 11.8 Å². The van der Waals surface area contributed by atoms with Crippen molar-refractivity contribution in [1.82, 2.24) is 0 Å². The molecule has 0 aliphatic heterocycles. The van der Waals surface area contributed by atoms with Crippen LogP contribution in [0.25, 0.3) is 0 Å². The third kappa shape index (κ3) is 4.03. The molecule has 4 heteroatoms. The average Bonchev–Trinajstić information content (AvgIpc) is 2.48. The highest BCUT2D eigenvalue weighted by atomic mass is 32.2. The van der Waals surface area contributed by atoms with Gasteiger partial charge in [0.1, 0.15) is 0 Å². The Hall–Kier alpha value is -1.94. The first kappa shape index (κ1) is 14.5. The summed E-state index contributed by atoms with van der Waals surface area (Å²) < 4.78 is 0. The zero-order valence-electron chi connectivity index (χ0n) is 11.6. The molecule has 0 aliphatic carbocycles. The van der Waals surface area contributed by atoms with E-state index in [1.807, 2.05) is 54.8 Å². The standard InChI is InChI=1S/C16H18N2OS/c1-3-12-7-9-13(10-8-12)17-16(19)18-14-5-4-6-15(11-14)20-2/h4-11H,3H2,1-2H3,(H2,17,18,19). The number of urea groups is 1. The number of carbonyl (C=O) groups excluding carboxylic acids is 1. The van der Waals surface area contributed by atoms with Crippen molar-refractivity contribution in [3.05, 3.63) is 54.1 Å². The van der Waals surface area contributed by atoms with Gasteiger partial charge < -0.3 is 10.6 Å². The Morgan fingerprint density at radius 2 is 1.75 bits per heavy atom. The van der Waals surface area contributed by atoms with Crippen molar-refractivity contribution < 1.29 is 4.79 Å². The second-order valence-corrected chi connectivity index (χ2v) is 5.24. The number of amides is 2. The van der Waals surface area contributed by atoms with Gasteiger partial charge in [-0.1, -0.05) is 25.1 Å². The summed E-state index contributed by atoms with van der Waals surface area (Å²) in [7, 11) is 0. The third-order valence-electron chi connectivity index (χ3n) is 2.95. The zero-order chi connectivity index (χ0) is 14.4. The van der Waals surface area contributed by atoms with Crippen molar-refractivity contribution in [2.24, 2.45) is 0 Å².